The first-order valence-corrected chi connectivity index (χ1v) is 12.9. The maximum Gasteiger partial charge on any atom is 0.157 e. The van der Waals surface area contributed by atoms with Crippen molar-refractivity contribution in [2.45, 2.75) is 44.2 Å². The average Bonchev–Trinajstić information content (AvgIpc) is 3.53. The van der Waals surface area contributed by atoms with E-state index >= 15 is 0 Å². The van der Waals surface area contributed by atoms with Crippen LogP contribution in [0, 0.1) is 11.6 Å². The highest BCUT2D eigenvalue weighted by molar-refractivity contribution is 6.30. The van der Waals surface area contributed by atoms with E-state index in [9.17, 15) is 8.78 Å². The van der Waals surface area contributed by atoms with Crippen molar-refractivity contribution < 1.29 is 8.78 Å². The first kappa shape index (κ1) is 24.9. The lowest BCUT2D eigenvalue weighted by Gasteiger charge is -2.26. The smallest absolute Gasteiger partial charge is 0.157 e. The molecule has 0 radical (unpaired) electrons. The molecule has 0 saturated carbocycles. The van der Waals surface area contributed by atoms with E-state index in [4.69, 9.17) is 23.2 Å². The van der Waals surface area contributed by atoms with Crippen LogP contribution >= 0.6 is 23.2 Å². The second kappa shape index (κ2) is 11.1. The molecule has 2 atom stereocenters. The van der Waals surface area contributed by atoms with Gasteiger partial charge in [-0.1, -0.05) is 29.6 Å². The van der Waals surface area contributed by atoms with Gasteiger partial charge in [0, 0.05) is 34.9 Å². The Morgan fingerprint density at radius 3 is 2.33 bits per heavy atom. The largest absolute Gasteiger partial charge is 0.349 e. The van der Waals surface area contributed by atoms with E-state index in [1.165, 1.54) is 25.0 Å². The summed E-state index contributed by atoms with van der Waals surface area (Å²) in [4.78, 5) is 6.84. The molecule has 0 unspecified atom stereocenters. The van der Waals surface area contributed by atoms with Crippen LogP contribution in [0.4, 0.5) is 14.6 Å². The van der Waals surface area contributed by atoms with E-state index in [1.54, 1.807) is 22.8 Å². The lowest BCUT2D eigenvalue weighted by molar-refractivity contribution is 0.411. The summed E-state index contributed by atoms with van der Waals surface area (Å²) in [5.74, 6) is 0.337. The Morgan fingerprint density at radius 2 is 1.61 bits per heavy atom. The van der Waals surface area contributed by atoms with Gasteiger partial charge in [-0.25, -0.2) is 18.3 Å². The molecule has 2 aliphatic rings. The highest BCUT2D eigenvalue weighted by Gasteiger charge is 2.28. The number of hydrogen-bond donors (Lipinski definition) is 1. The molecule has 2 aromatic heterocycles. The van der Waals surface area contributed by atoms with Crippen LogP contribution in [0.5, 0.6) is 0 Å². The molecule has 5 nitrogen and oxygen atoms in total. The number of aromatic nitrogens is 3. The molecule has 2 aromatic carbocycles. The second-order valence-corrected chi connectivity index (χ2v) is 10.1. The third-order valence-electron chi connectivity index (χ3n) is 6.66. The summed E-state index contributed by atoms with van der Waals surface area (Å²) < 4.78 is 28.4. The number of piperidine rings is 1. The Balaban J connectivity index is 0.000000165. The van der Waals surface area contributed by atoms with E-state index in [0.29, 0.717) is 10.0 Å². The van der Waals surface area contributed by atoms with Crippen molar-refractivity contribution in [3.05, 3.63) is 93.7 Å². The minimum Gasteiger partial charge on any atom is -0.349 e. The van der Waals surface area contributed by atoms with Gasteiger partial charge in [-0.15, -0.1) is 0 Å². The molecule has 2 aliphatic heterocycles. The molecular weight excluding hydrogens is 503 g/mol. The Hall–Kier alpha value is -2.74. The van der Waals surface area contributed by atoms with Gasteiger partial charge in [0.05, 0.1) is 12.2 Å². The van der Waals surface area contributed by atoms with Crippen molar-refractivity contribution in [1.82, 2.24) is 19.9 Å². The number of rotatable bonds is 3. The molecular formula is C27H27Cl2F2N5. The zero-order chi connectivity index (χ0) is 25.1. The van der Waals surface area contributed by atoms with Crippen molar-refractivity contribution in [3.63, 3.8) is 0 Å². The Labute approximate surface area is 219 Å². The summed E-state index contributed by atoms with van der Waals surface area (Å²) in [5, 5.41) is 8.43. The van der Waals surface area contributed by atoms with Gasteiger partial charge in [-0.3, -0.25) is 0 Å². The van der Waals surface area contributed by atoms with Crippen LogP contribution in [0.15, 0.2) is 60.9 Å². The van der Waals surface area contributed by atoms with Crippen LogP contribution in [0.3, 0.4) is 0 Å². The van der Waals surface area contributed by atoms with E-state index in [-0.39, 0.29) is 23.7 Å². The molecule has 188 valence electrons. The Kier molecular flexibility index (Phi) is 7.70. The van der Waals surface area contributed by atoms with Crippen molar-refractivity contribution >= 4 is 34.7 Å². The number of nitrogens with zero attached hydrogens (tertiary/aromatic N) is 4. The van der Waals surface area contributed by atoms with Gasteiger partial charge in [0.15, 0.2) is 5.65 Å². The highest BCUT2D eigenvalue weighted by atomic mass is 35.5. The van der Waals surface area contributed by atoms with E-state index < -0.39 is 0 Å². The Bertz CT molecular complexity index is 1300. The highest BCUT2D eigenvalue weighted by Crippen LogP contribution is 2.36. The first-order chi connectivity index (χ1) is 17.5. The fourth-order valence-corrected chi connectivity index (χ4v) is 5.49. The van der Waals surface area contributed by atoms with E-state index in [2.05, 4.69) is 20.3 Å². The molecule has 4 heterocycles. The fraction of sp³-hybridized carbons (Fsp3) is 0.333. The number of fused-ring (bicyclic) bond motifs is 1. The summed E-state index contributed by atoms with van der Waals surface area (Å²) in [6.07, 6.45) is 9.10. The van der Waals surface area contributed by atoms with Gasteiger partial charge >= 0.3 is 0 Å². The molecule has 0 bridgehead atoms. The minimum atomic E-state index is -0.298. The molecule has 2 saturated heterocycles. The predicted octanol–water partition coefficient (Wildman–Crippen LogP) is 7.16. The maximum absolute atomic E-state index is 13.6. The molecule has 0 aliphatic carbocycles. The van der Waals surface area contributed by atoms with Gasteiger partial charge in [-0.05, 0) is 85.8 Å². The van der Waals surface area contributed by atoms with Gasteiger partial charge < -0.3 is 10.2 Å². The summed E-state index contributed by atoms with van der Waals surface area (Å²) >= 11 is 11.8. The van der Waals surface area contributed by atoms with Gasteiger partial charge in [0.25, 0.3) is 0 Å². The molecule has 0 amide bonds. The first-order valence-electron chi connectivity index (χ1n) is 12.2. The maximum atomic E-state index is 13.6. The summed E-state index contributed by atoms with van der Waals surface area (Å²) in [6, 6.07) is 13.7. The van der Waals surface area contributed by atoms with Crippen LogP contribution in [0.25, 0.3) is 5.65 Å². The summed E-state index contributed by atoms with van der Waals surface area (Å²) in [6.45, 7) is 1.91. The molecule has 0 spiro atoms. The van der Waals surface area contributed by atoms with Crippen molar-refractivity contribution in [2.75, 3.05) is 18.0 Å². The number of hydrogen-bond acceptors (Lipinski definition) is 4. The van der Waals surface area contributed by atoms with E-state index in [1.807, 2.05) is 30.5 Å². The third-order valence-corrected chi connectivity index (χ3v) is 7.09. The normalized spacial score (nSPS) is 19.8. The molecule has 9 heteroatoms. The number of halogens is 4. The number of anilines is 1. The molecule has 2 fully saturated rings. The molecule has 36 heavy (non-hydrogen) atoms. The molecule has 4 aromatic rings. The van der Waals surface area contributed by atoms with Crippen LogP contribution < -0.4 is 10.2 Å². The SMILES string of the molecule is Fc1cc(Cl)cc([C@H]2CCCCN2)c1.Fc1cc(Cl)cc([C@H]2CCCN2c2ccn3nccc3n2)c1. The fourth-order valence-electron chi connectivity index (χ4n) is 5.03. The van der Waals surface area contributed by atoms with Crippen LogP contribution in [0.1, 0.15) is 55.3 Å². The summed E-state index contributed by atoms with van der Waals surface area (Å²) in [5.41, 5.74) is 2.67. The monoisotopic (exact) mass is 529 g/mol. The average molecular weight is 530 g/mol. The lowest BCUT2D eigenvalue weighted by Crippen LogP contribution is -2.26. The lowest BCUT2D eigenvalue weighted by atomic mass is 9.97. The summed E-state index contributed by atoms with van der Waals surface area (Å²) in [7, 11) is 0. The van der Waals surface area contributed by atoms with Gasteiger partial charge in [-0.2, -0.15) is 5.10 Å². The zero-order valence-electron chi connectivity index (χ0n) is 19.7. The van der Waals surface area contributed by atoms with Crippen LogP contribution in [-0.4, -0.2) is 27.7 Å². The van der Waals surface area contributed by atoms with Crippen LogP contribution in [0.2, 0.25) is 10.0 Å². The van der Waals surface area contributed by atoms with Crippen molar-refractivity contribution in [1.29, 1.82) is 0 Å². The quantitative estimate of drug-likeness (QED) is 0.306. The topological polar surface area (TPSA) is 45.5 Å². The van der Waals surface area contributed by atoms with Crippen molar-refractivity contribution in [2.24, 2.45) is 0 Å². The standard InChI is InChI=1S/C16H14ClFN4.C11H13ClFN/c17-12-8-11(9-13(18)10-12)14-2-1-6-21(14)15-4-7-22-16(20-15)3-5-19-22;12-9-5-8(6-10(13)7-9)11-3-1-2-4-14-11/h3-5,7-10,14H,1-2,6H2;5-7,11,14H,1-4H2/t14-;11-/m11/s1. The van der Waals surface area contributed by atoms with Gasteiger partial charge in [0.1, 0.15) is 17.5 Å². The second-order valence-electron chi connectivity index (χ2n) is 9.18. The van der Waals surface area contributed by atoms with Crippen molar-refractivity contribution in [3.8, 4) is 0 Å². The molecule has 1 N–H and O–H groups in total. The minimum absolute atomic E-state index is 0.103. The Morgan fingerprint density at radius 1 is 0.861 bits per heavy atom. The third kappa shape index (κ3) is 5.80. The number of nitrogens with one attached hydrogen (secondary N) is 1. The van der Waals surface area contributed by atoms with Crippen LogP contribution in [-0.2, 0) is 0 Å². The number of benzene rings is 2. The zero-order valence-corrected chi connectivity index (χ0v) is 21.2. The molecule has 6 rings (SSSR count). The predicted molar refractivity (Wildman–Crippen MR) is 140 cm³/mol. The van der Waals surface area contributed by atoms with E-state index in [0.717, 1.165) is 54.9 Å². The van der Waals surface area contributed by atoms with Gasteiger partial charge in [0.2, 0.25) is 0 Å².